The van der Waals surface area contributed by atoms with Crippen LogP contribution in [0.2, 0.25) is 0 Å². The third-order valence-corrected chi connectivity index (χ3v) is 4.91. The lowest BCUT2D eigenvalue weighted by Gasteiger charge is -2.33. The van der Waals surface area contributed by atoms with Crippen molar-refractivity contribution in [3.63, 3.8) is 0 Å². The van der Waals surface area contributed by atoms with Crippen LogP contribution in [0.15, 0.2) is 0 Å². The summed E-state index contributed by atoms with van der Waals surface area (Å²) >= 11 is 0. The molecule has 22 heavy (non-hydrogen) atoms. The van der Waals surface area contributed by atoms with Gasteiger partial charge in [-0.3, -0.25) is 0 Å². The first-order chi connectivity index (χ1) is 10.4. The lowest BCUT2D eigenvalue weighted by atomic mass is 9.78. The number of amides is 1. The second-order valence-electron chi connectivity index (χ2n) is 8.07. The van der Waals surface area contributed by atoms with Crippen molar-refractivity contribution in [1.29, 1.82) is 0 Å². The maximum Gasteiger partial charge on any atom is 0.410 e. The summed E-state index contributed by atoms with van der Waals surface area (Å²) in [6.07, 6.45) is 7.61. The summed E-state index contributed by atoms with van der Waals surface area (Å²) in [5.74, 6) is 1.49. The maximum absolute atomic E-state index is 12.2. The predicted molar refractivity (Wildman–Crippen MR) is 90.0 cm³/mol. The number of nitrogens with one attached hydrogen (secondary N) is 1. The van der Waals surface area contributed by atoms with E-state index < -0.39 is 5.60 Å². The zero-order valence-electron chi connectivity index (χ0n) is 14.9. The molecule has 1 N–H and O–H groups in total. The third-order valence-electron chi connectivity index (χ3n) is 4.91. The quantitative estimate of drug-likeness (QED) is 0.811. The molecule has 4 heteroatoms. The molecular weight excluding hydrogens is 276 g/mol. The van der Waals surface area contributed by atoms with Crippen LogP contribution in [0.5, 0.6) is 0 Å². The van der Waals surface area contributed by atoms with Crippen LogP contribution in [0.3, 0.4) is 0 Å². The van der Waals surface area contributed by atoms with Crippen molar-refractivity contribution in [1.82, 2.24) is 10.2 Å². The van der Waals surface area contributed by atoms with Gasteiger partial charge in [-0.15, -0.1) is 0 Å². The molecule has 0 radical (unpaired) electrons. The number of likely N-dealkylation sites (tertiary alicyclic amines) is 1. The highest BCUT2D eigenvalue weighted by Crippen LogP contribution is 2.34. The first-order valence-electron chi connectivity index (χ1n) is 9.10. The van der Waals surface area contributed by atoms with Gasteiger partial charge in [0.15, 0.2) is 0 Å². The molecule has 1 heterocycles. The van der Waals surface area contributed by atoms with E-state index >= 15 is 0 Å². The van der Waals surface area contributed by atoms with Gasteiger partial charge in [-0.25, -0.2) is 4.79 Å². The average Bonchev–Trinajstić information content (AvgIpc) is 2.84. The average molecular weight is 310 g/mol. The topological polar surface area (TPSA) is 41.6 Å². The summed E-state index contributed by atoms with van der Waals surface area (Å²) in [5.41, 5.74) is -0.402. The maximum atomic E-state index is 12.2. The molecule has 0 aromatic rings. The first-order valence-corrected chi connectivity index (χ1v) is 9.10. The summed E-state index contributed by atoms with van der Waals surface area (Å²) in [4.78, 5) is 14.1. The largest absolute Gasteiger partial charge is 0.444 e. The molecule has 0 aromatic carbocycles. The Balaban J connectivity index is 1.85. The number of carbonyl (C=O) groups excluding carboxylic acids is 1. The summed E-state index contributed by atoms with van der Waals surface area (Å²) in [5, 5.41) is 3.74. The normalized spacial score (nSPS) is 24.2. The Kier molecular flexibility index (Phi) is 6.13. The Bertz CT molecular complexity index is 361. The van der Waals surface area contributed by atoms with Gasteiger partial charge in [-0.2, -0.15) is 0 Å². The molecule has 4 nitrogen and oxygen atoms in total. The Morgan fingerprint density at radius 3 is 2.59 bits per heavy atom. The molecule has 1 aliphatic heterocycles. The van der Waals surface area contributed by atoms with Crippen molar-refractivity contribution in [3.8, 4) is 0 Å². The number of ether oxygens (including phenoxy) is 1. The van der Waals surface area contributed by atoms with Crippen molar-refractivity contribution in [2.45, 2.75) is 77.9 Å². The summed E-state index contributed by atoms with van der Waals surface area (Å²) in [6, 6.07) is 0.567. The van der Waals surface area contributed by atoms with Gasteiger partial charge >= 0.3 is 6.09 Å². The van der Waals surface area contributed by atoms with Crippen molar-refractivity contribution in [2.75, 3.05) is 19.6 Å². The smallest absolute Gasteiger partial charge is 0.410 e. The Labute approximate surface area is 136 Å². The van der Waals surface area contributed by atoms with Crippen LogP contribution in [0.25, 0.3) is 0 Å². The molecule has 1 saturated heterocycles. The van der Waals surface area contributed by atoms with E-state index in [2.05, 4.69) is 12.2 Å². The number of nitrogens with zero attached hydrogens (tertiary/aromatic N) is 1. The fourth-order valence-electron chi connectivity index (χ4n) is 3.47. The highest BCUT2D eigenvalue weighted by Gasteiger charge is 2.35. The first kappa shape index (κ1) is 17.6. The van der Waals surface area contributed by atoms with Crippen LogP contribution in [0.1, 0.15) is 66.2 Å². The van der Waals surface area contributed by atoms with E-state index in [1.807, 2.05) is 25.7 Å². The van der Waals surface area contributed by atoms with Crippen molar-refractivity contribution in [2.24, 2.45) is 11.8 Å². The lowest BCUT2D eigenvalue weighted by molar-refractivity contribution is 0.0284. The van der Waals surface area contributed by atoms with E-state index in [1.54, 1.807) is 0 Å². The van der Waals surface area contributed by atoms with Gasteiger partial charge < -0.3 is 15.0 Å². The Morgan fingerprint density at radius 2 is 2.05 bits per heavy atom. The molecule has 2 fully saturated rings. The Hall–Kier alpha value is -0.770. The van der Waals surface area contributed by atoms with Crippen LogP contribution in [0.4, 0.5) is 4.79 Å². The van der Waals surface area contributed by atoms with Gasteiger partial charge in [0.1, 0.15) is 5.60 Å². The van der Waals surface area contributed by atoms with E-state index in [9.17, 15) is 4.79 Å². The summed E-state index contributed by atoms with van der Waals surface area (Å²) < 4.78 is 5.51. The predicted octanol–water partition coefficient (Wildman–Crippen LogP) is 3.80. The van der Waals surface area contributed by atoms with Crippen LogP contribution < -0.4 is 5.32 Å². The molecule has 128 valence electrons. The Morgan fingerprint density at radius 1 is 1.32 bits per heavy atom. The van der Waals surface area contributed by atoms with Gasteiger partial charge in [-0.05, 0) is 58.4 Å². The zero-order valence-corrected chi connectivity index (χ0v) is 14.9. The molecule has 1 aliphatic carbocycles. The van der Waals surface area contributed by atoms with Gasteiger partial charge in [0, 0.05) is 19.1 Å². The standard InChI is InChI=1S/C18H34N2O2/c1-5-10-19-16(12-14-7-6-8-14)15-9-11-20(13-15)17(21)22-18(2,3)4/h14-16,19H,5-13H2,1-4H3. The van der Waals surface area contributed by atoms with Crippen LogP contribution in [0, 0.1) is 11.8 Å². The molecular formula is C18H34N2O2. The van der Waals surface area contributed by atoms with Crippen LogP contribution in [-0.4, -0.2) is 42.3 Å². The number of hydrogen-bond donors (Lipinski definition) is 1. The summed E-state index contributed by atoms with van der Waals surface area (Å²) in [7, 11) is 0. The van der Waals surface area contributed by atoms with Crippen LogP contribution >= 0.6 is 0 Å². The van der Waals surface area contributed by atoms with E-state index in [4.69, 9.17) is 4.74 Å². The van der Waals surface area contributed by atoms with E-state index in [1.165, 1.54) is 32.1 Å². The molecule has 2 rings (SSSR count). The second kappa shape index (κ2) is 7.67. The number of carbonyl (C=O) groups is 1. The van der Waals surface area contributed by atoms with Crippen molar-refractivity contribution in [3.05, 3.63) is 0 Å². The van der Waals surface area contributed by atoms with Gasteiger partial charge in [0.2, 0.25) is 0 Å². The molecule has 1 amide bonds. The van der Waals surface area contributed by atoms with Crippen molar-refractivity contribution < 1.29 is 9.53 Å². The minimum absolute atomic E-state index is 0.145. The van der Waals surface area contributed by atoms with E-state index in [-0.39, 0.29) is 6.09 Å². The molecule has 1 saturated carbocycles. The molecule has 2 aliphatic rings. The molecule has 0 aromatic heterocycles. The fraction of sp³-hybridized carbons (Fsp3) is 0.944. The minimum Gasteiger partial charge on any atom is -0.444 e. The van der Waals surface area contributed by atoms with Crippen molar-refractivity contribution >= 4 is 6.09 Å². The SMILES string of the molecule is CCCNC(CC1CCC1)C1CCN(C(=O)OC(C)(C)C)C1. The third kappa shape index (κ3) is 5.15. The van der Waals surface area contributed by atoms with Gasteiger partial charge in [-0.1, -0.05) is 26.2 Å². The fourth-order valence-corrected chi connectivity index (χ4v) is 3.47. The molecule has 2 unspecified atom stereocenters. The monoisotopic (exact) mass is 310 g/mol. The highest BCUT2D eigenvalue weighted by molar-refractivity contribution is 5.68. The molecule has 0 spiro atoms. The van der Waals surface area contributed by atoms with Gasteiger partial charge in [0.25, 0.3) is 0 Å². The highest BCUT2D eigenvalue weighted by atomic mass is 16.6. The minimum atomic E-state index is -0.402. The van der Waals surface area contributed by atoms with Gasteiger partial charge in [0.05, 0.1) is 0 Å². The number of rotatable bonds is 6. The molecule has 0 bridgehead atoms. The second-order valence-corrected chi connectivity index (χ2v) is 8.07. The number of hydrogen-bond acceptors (Lipinski definition) is 3. The van der Waals surface area contributed by atoms with E-state index in [0.717, 1.165) is 32.0 Å². The lowest BCUT2D eigenvalue weighted by Crippen LogP contribution is -2.41. The molecule has 2 atom stereocenters. The van der Waals surface area contributed by atoms with Crippen LogP contribution in [-0.2, 0) is 4.74 Å². The zero-order chi connectivity index (χ0) is 16.2. The summed E-state index contributed by atoms with van der Waals surface area (Å²) in [6.45, 7) is 10.8. The van der Waals surface area contributed by atoms with E-state index in [0.29, 0.717) is 12.0 Å².